The number of rotatable bonds is 37. The van der Waals surface area contributed by atoms with Crippen LogP contribution in [0, 0.1) is 29.6 Å². The number of amides is 12. The molecule has 0 bridgehead atoms. The van der Waals surface area contributed by atoms with Crippen LogP contribution in [-0.4, -0.2) is 192 Å². The van der Waals surface area contributed by atoms with Gasteiger partial charge in [0.1, 0.15) is 30.8 Å². The number of carbonyl (C=O) groups is 11. The lowest BCUT2D eigenvalue weighted by molar-refractivity contribution is -0.148. The minimum atomic E-state index is -1.19. The second-order valence-corrected chi connectivity index (χ2v) is 25.4. The summed E-state index contributed by atoms with van der Waals surface area (Å²) in [4.78, 5) is 152. The smallest absolute Gasteiger partial charge is 0.410 e. The van der Waals surface area contributed by atoms with Crippen LogP contribution in [0.5, 0.6) is 0 Å². The third kappa shape index (κ3) is 22.6. The summed E-state index contributed by atoms with van der Waals surface area (Å²) in [6.45, 7) is 18.3. The van der Waals surface area contributed by atoms with E-state index in [1.165, 1.54) is 38.3 Å². The van der Waals surface area contributed by atoms with Gasteiger partial charge in [-0.05, 0) is 86.0 Å². The number of hydrogen-bond acceptors (Lipinski definition) is 15. The molecular weight excluding hydrogens is 1200 g/mol. The summed E-state index contributed by atoms with van der Waals surface area (Å²) < 4.78 is 17.7. The third-order valence-electron chi connectivity index (χ3n) is 17.5. The van der Waals surface area contributed by atoms with Crippen molar-refractivity contribution in [1.82, 2.24) is 46.2 Å². The highest BCUT2D eigenvalue weighted by Gasteiger charge is 2.44. The van der Waals surface area contributed by atoms with Crippen molar-refractivity contribution in [3.05, 3.63) is 77.9 Å². The first-order valence-corrected chi connectivity index (χ1v) is 32.4. The molecule has 2 aliphatic heterocycles. The van der Waals surface area contributed by atoms with Crippen molar-refractivity contribution < 1.29 is 72.1 Å². The monoisotopic (exact) mass is 1300 g/mol. The first-order valence-electron chi connectivity index (χ1n) is 32.4. The van der Waals surface area contributed by atoms with Gasteiger partial charge in [-0.2, -0.15) is 0 Å². The number of aliphatic hydroxyl groups excluding tert-OH is 1. The minimum absolute atomic E-state index is 0.0661. The zero-order valence-electron chi connectivity index (χ0n) is 56.7. The number of unbranched alkanes of at least 4 members (excludes halogenated alkanes) is 2. The highest BCUT2D eigenvalue weighted by molar-refractivity contribution is 6.12. The Morgan fingerprint density at radius 3 is 1.92 bits per heavy atom. The van der Waals surface area contributed by atoms with Crippen molar-refractivity contribution in [2.45, 2.75) is 194 Å². The quantitative estimate of drug-likeness (QED) is 0.0336. The summed E-state index contributed by atoms with van der Waals surface area (Å²) in [6, 6.07) is 8.47. The number of benzene rings is 2. The summed E-state index contributed by atoms with van der Waals surface area (Å²) in [7, 11) is 6.07. The van der Waals surface area contributed by atoms with Crippen molar-refractivity contribution in [2.75, 3.05) is 53.3 Å². The molecule has 0 aromatic heterocycles. The molecule has 0 radical (unpaired) electrons. The van der Waals surface area contributed by atoms with Crippen LogP contribution in [0.1, 0.15) is 144 Å². The van der Waals surface area contributed by atoms with E-state index in [9.17, 15) is 57.8 Å². The molecule has 2 aromatic carbocycles. The molecule has 0 aliphatic carbocycles. The van der Waals surface area contributed by atoms with Crippen LogP contribution in [0.15, 0.2) is 66.7 Å². The molecule has 2 heterocycles. The molecule has 26 heteroatoms. The Bertz CT molecular complexity index is 2860. The molecule has 1 saturated heterocycles. The Morgan fingerprint density at radius 1 is 0.720 bits per heavy atom. The van der Waals surface area contributed by atoms with Gasteiger partial charge < -0.3 is 66.8 Å². The number of imide groups is 1. The van der Waals surface area contributed by atoms with E-state index >= 15 is 0 Å². The predicted molar refractivity (Wildman–Crippen MR) is 349 cm³/mol. The van der Waals surface area contributed by atoms with Crippen LogP contribution in [0.4, 0.5) is 15.3 Å². The second-order valence-electron chi connectivity index (χ2n) is 25.4. The zero-order chi connectivity index (χ0) is 69.4. The van der Waals surface area contributed by atoms with Crippen LogP contribution in [0.25, 0.3) is 0 Å². The first-order chi connectivity index (χ1) is 44.0. The van der Waals surface area contributed by atoms with Gasteiger partial charge in [0.2, 0.25) is 41.4 Å². The fraction of sp³-hybridized carbons (Fsp3) is 0.627. The van der Waals surface area contributed by atoms with Gasteiger partial charge in [0.25, 0.3) is 11.8 Å². The Balaban J connectivity index is 1.37. The average Bonchev–Trinajstić information content (AvgIpc) is 1.85. The van der Waals surface area contributed by atoms with E-state index in [-0.39, 0.29) is 68.5 Å². The SMILES string of the molecule is CC[C@H](C)[C@@H]([C@@H](CC(=O)N1CCC[C@H]1[C@H](OC)[C@@H](C)C(=O)N[C@H](C)[C@@H](O)c1ccccc1)OC)N(C)C(=O)[C@@H](NC(=O)[C@H](C(C)C)N(C)C(=O)OCc1ccc(NC(=O)[C@H](CCNC(N)=O)NC(=O)[C@@H](NC(=O)CCCCCN2C(=O)C=CC2=O)C(C)C)cc1)C(C)C. The van der Waals surface area contributed by atoms with E-state index in [0.717, 1.165) is 4.90 Å². The molecule has 2 aliphatic rings. The number of hydrogen-bond donors (Lipinski definition) is 8. The number of urea groups is 1. The second kappa shape index (κ2) is 37.7. The van der Waals surface area contributed by atoms with Crippen LogP contribution in [0.2, 0.25) is 0 Å². The Labute approximate surface area is 547 Å². The van der Waals surface area contributed by atoms with Gasteiger partial charge in [-0.3, -0.25) is 53.0 Å². The first kappa shape index (κ1) is 77.5. The zero-order valence-corrected chi connectivity index (χ0v) is 56.7. The van der Waals surface area contributed by atoms with E-state index < -0.39 is 126 Å². The lowest BCUT2D eigenvalue weighted by atomic mass is 9.89. The van der Waals surface area contributed by atoms with Crippen molar-refractivity contribution in [2.24, 2.45) is 35.3 Å². The molecule has 2 aromatic rings. The average molecular weight is 1300 g/mol. The number of nitrogens with two attached hydrogens (primary N) is 1. The maximum atomic E-state index is 14.8. The summed E-state index contributed by atoms with van der Waals surface area (Å²) >= 11 is 0. The Morgan fingerprint density at radius 2 is 1.35 bits per heavy atom. The number of nitrogens with one attached hydrogen (secondary N) is 6. The van der Waals surface area contributed by atoms with Crippen LogP contribution >= 0.6 is 0 Å². The van der Waals surface area contributed by atoms with Crippen LogP contribution < -0.4 is 37.6 Å². The van der Waals surface area contributed by atoms with E-state index in [0.29, 0.717) is 61.9 Å². The highest BCUT2D eigenvalue weighted by atomic mass is 16.6. The van der Waals surface area contributed by atoms with Crippen molar-refractivity contribution in [3.8, 4) is 0 Å². The number of likely N-dealkylation sites (tertiary alicyclic amines) is 1. The van der Waals surface area contributed by atoms with Gasteiger partial charge >= 0.3 is 12.1 Å². The largest absolute Gasteiger partial charge is 0.445 e. The lowest BCUT2D eigenvalue weighted by Gasteiger charge is -2.41. The fourth-order valence-corrected chi connectivity index (χ4v) is 11.9. The van der Waals surface area contributed by atoms with Crippen LogP contribution in [0.3, 0.4) is 0 Å². The summed E-state index contributed by atoms with van der Waals surface area (Å²) in [6.07, 6.45) is 2.49. The Hall–Kier alpha value is -7.97. The number of nitrogens with zero attached hydrogens (tertiary/aromatic N) is 4. The molecule has 1 fully saturated rings. The van der Waals surface area contributed by atoms with E-state index in [1.54, 1.807) is 109 Å². The number of carbonyl (C=O) groups excluding carboxylic acids is 11. The number of aliphatic hydroxyl groups is 1. The number of primary amides is 1. The molecule has 0 spiro atoms. The van der Waals surface area contributed by atoms with Crippen LogP contribution in [-0.2, 0) is 64.0 Å². The number of anilines is 1. The Kier molecular flexibility index (Phi) is 31.4. The maximum Gasteiger partial charge on any atom is 0.410 e. The topological polar surface area (TPSA) is 347 Å². The molecule has 12 amide bonds. The van der Waals surface area contributed by atoms with Crippen molar-refractivity contribution in [1.29, 1.82) is 0 Å². The van der Waals surface area contributed by atoms with Gasteiger partial charge in [0.15, 0.2) is 0 Å². The van der Waals surface area contributed by atoms with Gasteiger partial charge in [0, 0.05) is 72.2 Å². The molecule has 9 N–H and O–H groups in total. The highest BCUT2D eigenvalue weighted by Crippen LogP contribution is 2.31. The molecule has 516 valence electrons. The predicted octanol–water partition coefficient (Wildman–Crippen LogP) is 4.69. The van der Waals surface area contributed by atoms with E-state index in [2.05, 4.69) is 31.9 Å². The summed E-state index contributed by atoms with van der Waals surface area (Å²) in [5.74, 6) is -6.16. The summed E-state index contributed by atoms with van der Waals surface area (Å²) in [5.41, 5.74) is 6.76. The third-order valence-corrected chi connectivity index (χ3v) is 17.5. The number of ether oxygens (including phenoxy) is 3. The van der Waals surface area contributed by atoms with E-state index in [1.807, 2.05) is 32.0 Å². The van der Waals surface area contributed by atoms with Crippen molar-refractivity contribution >= 4 is 71.0 Å². The molecule has 4 rings (SSSR count). The number of likely N-dealkylation sites (N-methyl/N-ethyl adjacent to an activating group) is 2. The molecule has 0 saturated carbocycles. The lowest BCUT2D eigenvalue weighted by Crippen LogP contribution is -2.60. The fourth-order valence-electron chi connectivity index (χ4n) is 11.9. The molecular formula is C67H103N11O15. The molecule has 0 unspecified atom stereocenters. The molecule has 26 nitrogen and oxygen atoms in total. The molecule has 12 atom stereocenters. The normalized spacial score (nSPS) is 17.5. The standard InChI is InChI=1S/C67H103N11O15/c1-15-42(8)58(50(91-13)37-54(82)77-36-22-25-49(77)60(92-14)43(9)61(84)70-44(10)59(83)46-23-18-16-19-24-46)75(11)65(88)56(40(4)5)74-64(87)57(41(6)7)76(12)67(90)93-38-45-27-29-47(30-28-45)71-62(85)48(33-34-69-66(68)89)72-63(86)55(39(2)3)73-51(79)26-20-17-21-35-78-52(80)31-32-53(78)81/h16,18-19,23-24,27-32,39-44,48-50,55-60,83H,15,17,20-22,25-26,33-38H2,1-14H3,(H,70,84)(H,71,85)(H,72,86)(H,73,79)(H,74,87)(H3,68,69,89)/t42-,43+,44+,48-,49-,50+,55-,56-,57-,58-,59+,60+/m0/s1. The van der Waals surface area contributed by atoms with Gasteiger partial charge in [-0.25, -0.2) is 9.59 Å². The maximum absolute atomic E-state index is 14.8. The summed E-state index contributed by atoms with van der Waals surface area (Å²) in [5, 5.41) is 27.4. The number of methoxy groups -OCH3 is 2. The minimum Gasteiger partial charge on any atom is -0.445 e. The van der Waals surface area contributed by atoms with Gasteiger partial charge in [-0.1, -0.05) is 118 Å². The van der Waals surface area contributed by atoms with Crippen molar-refractivity contribution in [3.63, 3.8) is 0 Å². The van der Waals surface area contributed by atoms with Gasteiger partial charge in [-0.15, -0.1) is 0 Å². The van der Waals surface area contributed by atoms with Gasteiger partial charge in [0.05, 0.1) is 48.8 Å². The van der Waals surface area contributed by atoms with E-state index in [4.69, 9.17) is 19.9 Å². The molecule has 93 heavy (non-hydrogen) atoms.